The Labute approximate surface area is 114 Å². The second-order valence-electron chi connectivity index (χ2n) is 4.35. The first kappa shape index (κ1) is 12.3. The van der Waals surface area contributed by atoms with Crippen LogP contribution >= 0.6 is 11.6 Å². The van der Waals surface area contributed by atoms with E-state index in [9.17, 15) is 5.11 Å². The van der Waals surface area contributed by atoms with Crippen molar-refractivity contribution in [3.05, 3.63) is 35.7 Å². The molecule has 0 aliphatic carbocycles. The molecule has 0 aliphatic heterocycles. The summed E-state index contributed by atoms with van der Waals surface area (Å²) < 4.78 is 1.78. The Kier molecular flexibility index (Phi) is 3.10. The standard InChI is InChI=1S/C13H12ClN3O2/c14-13-11-12(9-3-1-2-4-10(9)16-13)17(7-15-11)5-8(19)6-18/h1-4,7-8,18-19H,5-6H2. The topological polar surface area (TPSA) is 71.2 Å². The van der Waals surface area contributed by atoms with E-state index >= 15 is 0 Å². The molecule has 1 aromatic carbocycles. The van der Waals surface area contributed by atoms with Gasteiger partial charge < -0.3 is 14.8 Å². The summed E-state index contributed by atoms with van der Waals surface area (Å²) in [7, 11) is 0. The number of rotatable bonds is 3. The second kappa shape index (κ2) is 4.77. The van der Waals surface area contributed by atoms with Gasteiger partial charge in [-0.05, 0) is 6.07 Å². The van der Waals surface area contributed by atoms with Gasteiger partial charge in [0, 0.05) is 5.39 Å². The molecule has 0 saturated carbocycles. The van der Waals surface area contributed by atoms with Gasteiger partial charge in [-0.1, -0.05) is 29.8 Å². The minimum absolute atomic E-state index is 0.261. The van der Waals surface area contributed by atoms with Crippen LogP contribution in [-0.4, -0.2) is 37.5 Å². The largest absolute Gasteiger partial charge is 0.394 e. The van der Waals surface area contributed by atoms with Crippen molar-refractivity contribution in [3.8, 4) is 0 Å². The van der Waals surface area contributed by atoms with Crippen LogP contribution in [-0.2, 0) is 6.54 Å². The SMILES string of the molecule is OCC(O)Cn1cnc2c(Cl)nc3ccccc3c21. The molecule has 19 heavy (non-hydrogen) atoms. The highest BCUT2D eigenvalue weighted by atomic mass is 35.5. The van der Waals surface area contributed by atoms with Gasteiger partial charge in [0.05, 0.1) is 36.6 Å². The van der Waals surface area contributed by atoms with Crippen LogP contribution in [0.15, 0.2) is 30.6 Å². The maximum Gasteiger partial charge on any atom is 0.157 e. The zero-order valence-electron chi connectivity index (χ0n) is 9.99. The Hall–Kier alpha value is -1.69. The number of benzene rings is 1. The van der Waals surface area contributed by atoms with Crippen molar-refractivity contribution >= 4 is 33.5 Å². The fraction of sp³-hybridized carbons (Fsp3) is 0.231. The van der Waals surface area contributed by atoms with E-state index in [-0.39, 0.29) is 13.2 Å². The normalized spacial score (nSPS) is 13.2. The number of imidazole rings is 1. The number of hydrogen-bond donors (Lipinski definition) is 2. The summed E-state index contributed by atoms with van der Waals surface area (Å²) in [5, 5.41) is 19.8. The lowest BCUT2D eigenvalue weighted by molar-refractivity contribution is 0.0821. The van der Waals surface area contributed by atoms with E-state index < -0.39 is 6.10 Å². The number of aromatic nitrogens is 3. The van der Waals surface area contributed by atoms with Crippen molar-refractivity contribution in [2.75, 3.05) is 6.61 Å². The lowest BCUT2D eigenvalue weighted by Crippen LogP contribution is -2.19. The third-order valence-corrected chi connectivity index (χ3v) is 3.29. The predicted molar refractivity (Wildman–Crippen MR) is 73.1 cm³/mol. The van der Waals surface area contributed by atoms with Gasteiger partial charge >= 0.3 is 0 Å². The number of fused-ring (bicyclic) bond motifs is 3. The minimum atomic E-state index is -0.830. The van der Waals surface area contributed by atoms with Gasteiger partial charge in [-0.25, -0.2) is 9.97 Å². The molecule has 0 radical (unpaired) electrons. The Balaban J connectivity index is 2.30. The molecule has 1 atom stereocenters. The average molecular weight is 278 g/mol. The van der Waals surface area contributed by atoms with Crippen molar-refractivity contribution in [1.29, 1.82) is 0 Å². The van der Waals surface area contributed by atoms with Gasteiger partial charge in [-0.3, -0.25) is 0 Å². The van der Waals surface area contributed by atoms with Gasteiger partial charge in [0.25, 0.3) is 0 Å². The van der Waals surface area contributed by atoms with Gasteiger partial charge in [0.15, 0.2) is 5.15 Å². The van der Waals surface area contributed by atoms with E-state index in [4.69, 9.17) is 16.7 Å². The molecule has 0 saturated heterocycles. The predicted octanol–water partition coefficient (Wildman–Crippen LogP) is 1.59. The zero-order chi connectivity index (χ0) is 13.4. The fourth-order valence-corrected chi connectivity index (χ4v) is 2.40. The molecule has 0 amide bonds. The Morgan fingerprint density at radius 3 is 2.89 bits per heavy atom. The average Bonchev–Trinajstić information content (AvgIpc) is 2.83. The Morgan fingerprint density at radius 2 is 2.11 bits per heavy atom. The van der Waals surface area contributed by atoms with E-state index in [1.165, 1.54) is 0 Å². The van der Waals surface area contributed by atoms with Crippen LogP contribution in [0, 0.1) is 0 Å². The lowest BCUT2D eigenvalue weighted by atomic mass is 10.2. The molecule has 98 valence electrons. The first-order chi connectivity index (χ1) is 9.20. The van der Waals surface area contributed by atoms with Crippen LogP contribution in [0.25, 0.3) is 21.9 Å². The smallest absolute Gasteiger partial charge is 0.157 e. The third-order valence-electron chi connectivity index (χ3n) is 3.03. The summed E-state index contributed by atoms with van der Waals surface area (Å²) in [4.78, 5) is 8.53. The van der Waals surface area contributed by atoms with Crippen LogP contribution in [0.2, 0.25) is 5.15 Å². The second-order valence-corrected chi connectivity index (χ2v) is 4.71. The highest BCUT2D eigenvalue weighted by Crippen LogP contribution is 2.28. The van der Waals surface area contributed by atoms with Crippen molar-refractivity contribution in [3.63, 3.8) is 0 Å². The van der Waals surface area contributed by atoms with E-state index in [2.05, 4.69) is 9.97 Å². The maximum absolute atomic E-state index is 9.58. The quantitative estimate of drug-likeness (QED) is 0.713. The van der Waals surface area contributed by atoms with Crippen LogP contribution in [0.1, 0.15) is 0 Å². The van der Waals surface area contributed by atoms with Crippen molar-refractivity contribution in [2.45, 2.75) is 12.6 Å². The van der Waals surface area contributed by atoms with Gasteiger partial charge in [0.2, 0.25) is 0 Å². The number of aliphatic hydroxyl groups is 2. The molecule has 3 rings (SSSR count). The summed E-state index contributed by atoms with van der Waals surface area (Å²) in [5.41, 5.74) is 2.20. The molecule has 0 bridgehead atoms. The first-order valence-corrected chi connectivity index (χ1v) is 6.26. The molecular weight excluding hydrogens is 266 g/mol. The van der Waals surface area contributed by atoms with Gasteiger partial charge in [0.1, 0.15) is 5.52 Å². The van der Waals surface area contributed by atoms with Crippen molar-refractivity contribution < 1.29 is 10.2 Å². The Bertz CT molecular complexity index is 741. The molecule has 2 aromatic heterocycles. The summed E-state index contributed by atoms with van der Waals surface area (Å²) in [5.74, 6) is 0. The number of nitrogens with zero attached hydrogens (tertiary/aromatic N) is 3. The van der Waals surface area contributed by atoms with Crippen molar-refractivity contribution in [2.24, 2.45) is 0 Å². The molecule has 0 spiro atoms. The highest BCUT2D eigenvalue weighted by molar-refractivity contribution is 6.35. The first-order valence-electron chi connectivity index (χ1n) is 5.88. The summed E-state index contributed by atoms with van der Waals surface area (Å²) in [6.45, 7) is -0.0340. The maximum atomic E-state index is 9.58. The number of para-hydroxylation sites is 1. The van der Waals surface area contributed by atoms with E-state index in [0.717, 1.165) is 16.4 Å². The summed E-state index contributed by atoms with van der Waals surface area (Å²) in [6.07, 6.45) is 0.770. The van der Waals surface area contributed by atoms with Crippen LogP contribution in [0.3, 0.4) is 0 Å². The molecule has 2 N–H and O–H groups in total. The number of aliphatic hydroxyl groups excluding tert-OH is 2. The minimum Gasteiger partial charge on any atom is -0.394 e. The van der Waals surface area contributed by atoms with Crippen LogP contribution < -0.4 is 0 Å². The van der Waals surface area contributed by atoms with E-state index in [1.54, 1.807) is 10.9 Å². The van der Waals surface area contributed by atoms with Crippen LogP contribution in [0.5, 0.6) is 0 Å². The fourth-order valence-electron chi connectivity index (χ4n) is 2.17. The lowest BCUT2D eigenvalue weighted by Gasteiger charge is -2.10. The van der Waals surface area contributed by atoms with Gasteiger partial charge in [-0.15, -0.1) is 0 Å². The monoisotopic (exact) mass is 277 g/mol. The molecule has 1 unspecified atom stereocenters. The number of halogens is 1. The molecule has 5 nitrogen and oxygen atoms in total. The molecule has 6 heteroatoms. The van der Waals surface area contributed by atoms with E-state index in [1.807, 2.05) is 24.3 Å². The summed E-state index contributed by atoms with van der Waals surface area (Å²) >= 11 is 6.12. The number of hydrogen-bond acceptors (Lipinski definition) is 4. The van der Waals surface area contributed by atoms with Gasteiger partial charge in [-0.2, -0.15) is 0 Å². The zero-order valence-corrected chi connectivity index (χ0v) is 10.7. The summed E-state index contributed by atoms with van der Waals surface area (Å²) in [6, 6.07) is 7.61. The molecule has 3 aromatic rings. The van der Waals surface area contributed by atoms with E-state index in [0.29, 0.717) is 10.7 Å². The highest BCUT2D eigenvalue weighted by Gasteiger charge is 2.14. The molecule has 0 fully saturated rings. The van der Waals surface area contributed by atoms with Crippen LogP contribution in [0.4, 0.5) is 0 Å². The third kappa shape index (κ3) is 2.06. The molecule has 0 aliphatic rings. The Morgan fingerprint density at radius 1 is 1.32 bits per heavy atom. The molecular formula is C13H12ClN3O2. The molecule has 2 heterocycles. The number of pyridine rings is 1. The van der Waals surface area contributed by atoms with Crippen molar-refractivity contribution in [1.82, 2.24) is 14.5 Å².